The summed E-state index contributed by atoms with van der Waals surface area (Å²) in [5.41, 5.74) is 2.40. The van der Waals surface area contributed by atoms with Crippen molar-refractivity contribution in [2.75, 3.05) is 0 Å². The zero-order chi connectivity index (χ0) is 22.0. The van der Waals surface area contributed by atoms with E-state index in [-0.39, 0.29) is 37.5 Å². The van der Waals surface area contributed by atoms with E-state index < -0.39 is 0 Å². The monoisotopic (exact) mass is 621 g/mol. The molecular formula is C26H19FIrNO2S-. The number of hydrogen-bond donors (Lipinski definition) is 1. The van der Waals surface area contributed by atoms with Gasteiger partial charge in [-0.3, -0.25) is 9.78 Å². The third-order valence-electron chi connectivity index (χ3n) is 4.69. The largest absolute Gasteiger partial charge is 0.512 e. The van der Waals surface area contributed by atoms with Crippen LogP contribution in [-0.2, 0) is 24.9 Å². The van der Waals surface area contributed by atoms with Crippen molar-refractivity contribution in [1.82, 2.24) is 4.98 Å². The Hall–Kier alpha value is -2.92. The van der Waals surface area contributed by atoms with Gasteiger partial charge in [0.2, 0.25) is 0 Å². The average Bonchev–Trinajstić information content (AvgIpc) is 3.23. The molecule has 0 amide bonds. The Morgan fingerprint density at radius 1 is 1.03 bits per heavy atom. The molecule has 0 aliphatic rings. The van der Waals surface area contributed by atoms with Gasteiger partial charge < -0.3 is 5.11 Å². The number of rotatable bonds is 2. The van der Waals surface area contributed by atoms with Crippen LogP contribution in [0, 0.1) is 11.9 Å². The van der Waals surface area contributed by atoms with E-state index in [1.165, 1.54) is 30.7 Å². The normalized spacial score (nSPS) is 11.2. The summed E-state index contributed by atoms with van der Waals surface area (Å²) in [6.45, 7) is 2.85. The van der Waals surface area contributed by atoms with Crippen molar-refractivity contribution >= 4 is 48.9 Å². The molecule has 3 aromatic carbocycles. The van der Waals surface area contributed by atoms with E-state index in [0.717, 1.165) is 27.4 Å². The molecule has 2 heterocycles. The molecule has 0 saturated heterocycles. The standard InChI is InChI=1S/C21H11FNS.C5H8O2.Ir/c22-18-12-14(11-13-5-1-2-6-15(13)18)20-17-9-10-24-21(17)16-7-3-4-8-19(16)23-20;1-4(6)3-5(2)7;/h1-10,12H;3,6H,1-2H3;/q-1;;/b;4-3-;. The van der Waals surface area contributed by atoms with Gasteiger partial charge in [0.15, 0.2) is 5.78 Å². The molecule has 0 bridgehead atoms. The summed E-state index contributed by atoms with van der Waals surface area (Å²) in [5, 5.41) is 14.0. The number of allylic oxidation sites excluding steroid dienone is 2. The fourth-order valence-electron chi connectivity index (χ4n) is 3.46. The Kier molecular flexibility index (Phi) is 7.52. The molecule has 32 heavy (non-hydrogen) atoms. The van der Waals surface area contributed by atoms with Gasteiger partial charge in [-0.25, -0.2) is 4.39 Å². The van der Waals surface area contributed by atoms with Crippen LogP contribution >= 0.6 is 11.3 Å². The molecule has 0 aliphatic carbocycles. The topological polar surface area (TPSA) is 50.2 Å². The minimum Gasteiger partial charge on any atom is -0.512 e. The summed E-state index contributed by atoms with van der Waals surface area (Å²) in [4.78, 5) is 14.8. The van der Waals surface area contributed by atoms with Crippen molar-refractivity contribution in [3.63, 3.8) is 0 Å². The number of halogens is 1. The van der Waals surface area contributed by atoms with Crippen LogP contribution < -0.4 is 0 Å². The SMILES string of the molecule is CC(=O)/C=C(/C)O.Fc1cc(-c2nc3ccccc3c3sccc23)[c-]c2ccccc12.[Ir]. The summed E-state index contributed by atoms with van der Waals surface area (Å²) in [6.07, 6.45) is 1.17. The first kappa shape index (κ1) is 23.7. The number of aliphatic hydroxyl groups is 1. The van der Waals surface area contributed by atoms with E-state index in [0.29, 0.717) is 10.9 Å². The summed E-state index contributed by atoms with van der Waals surface area (Å²) < 4.78 is 15.7. The zero-order valence-electron chi connectivity index (χ0n) is 17.4. The Bertz CT molecular complexity index is 1450. The van der Waals surface area contributed by atoms with Gasteiger partial charge in [0, 0.05) is 42.0 Å². The molecule has 0 unspecified atom stereocenters. The van der Waals surface area contributed by atoms with Crippen molar-refractivity contribution < 1.29 is 34.4 Å². The smallest absolute Gasteiger partial charge is 0.155 e. The van der Waals surface area contributed by atoms with Crippen LogP contribution in [0.5, 0.6) is 0 Å². The molecule has 1 radical (unpaired) electrons. The molecule has 0 atom stereocenters. The first-order chi connectivity index (χ1) is 14.9. The van der Waals surface area contributed by atoms with Crippen LogP contribution in [0.3, 0.4) is 0 Å². The number of para-hydroxylation sites is 1. The van der Waals surface area contributed by atoms with E-state index in [1.807, 2.05) is 36.4 Å². The van der Waals surface area contributed by atoms with Crippen LogP contribution in [-0.4, -0.2) is 15.9 Å². The number of aliphatic hydroxyl groups excluding tert-OH is 1. The number of pyridine rings is 1. The minimum atomic E-state index is -0.238. The van der Waals surface area contributed by atoms with Gasteiger partial charge in [0.25, 0.3) is 0 Å². The number of aromatic nitrogens is 1. The molecule has 6 heteroatoms. The van der Waals surface area contributed by atoms with Crippen LogP contribution in [0.4, 0.5) is 4.39 Å². The number of hydrogen-bond acceptors (Lipinski definition) is 4. The maximum atomic E-state index is 14.5. The van der Waals surface area contributed by atoms with Crippen molar-refractivity contribution in [2.45, 2.75) is 13.8 Å². The van der Waals surface area contributed by atoms with Crippen LogP contribution in [0.1, 0.15) is 13.8 Å². The van der Waals surface area contributed by atoms with Gasteiger partial charge in [-0.15, -0.1) is 28.9 Å². The number of fused-ring (bicyclic) bond motifs is 4. The summed E-state index contributed by atoms with van der Waals surface area (Å²) in [6, 6.07) is 22.4. The fourth-order valence-corrected chi connectivity index (χ4v) is 4.39. The molecule has 0 spiro atoms. The van der Waals surface area contributed by atoms with Crippen LogP contribution in [0.15, 0.2) is 77.9 Å². The van der Waals surface area contributed by atoms with Crippen molar-refractivity contribution in [3.05, 3.63) is 89.8 Å². The van der Waals surface area contributed by atoms with Gasteiger partial charge in [-0.05, 0) is 36.7 Å². The summed E-state index contributed by atoms with van der Waals surface area (Å²) >= 11 is 1.69. The average molecular weight is 621 g/mol. The number of carbonyl (C=O) groups excluding carboxylic acids is 1. The quantitative estimate of drug-likeness (QED) is 0.129. The van der Waals surface area contributed by atoms with Crippen LogP contribution in [0.25, 0.3) is 43.0 Å². The third-order valence-corrected chi connectivity index (χ3v) is 5.64. The van der Waals surface area contributed by atoms with E-state index in [9.17, 15) is 9.18 Å². The maximum Gasteiger partial charge on any atom is 0.155 e. The molecule has 3 nitrogen and oxygen atoms in total. The molecular weight excluding hydrogens is 602 g/mol. The zero-order valence-corrected chi connectivity index (χ0v) is 20.6. The van der Waals surface area contributed by atoms with Gasteiger partial charge in [0.05, 0.1) is 17.1 Å². The molecule has 5 aromatic rings. The van der Waals surface area contributed by atoms with Crippen LogP contribution in [0.2, 0.25) is 0 Å². The van der Waals surface area contributed by atoms with Gasteiger partial charge >= 0.3 is 0 Å². The van der Waals surface area contributed by atoms with Gasteiger partial charge in [-0.2, -0.15) is 0 Å². The molecule has 0 fully saturated rings. The van der Waals surface area contributed by atoms with Gasteiger partial charge in [-0.1, -0.05) is 53.4 Å². The molecule has 2 aromatic heterocycles. The number of thiophene rings is 1. The molecule has 163 valence electrons. The van der Waals surface area contributed by atoms with E-state index in [2.05, 4.69) is 23.6 Å². The number of carbonyl (C=O) groups is 1. The first-order valence-corrected chi connectivity index (χ1v) is 10.6. The summed E-state index contributed by atoms with van der Waals surface area (Å²) in [5.74, 6) is -0.301. The van der Waals surface area contributed by atoms with E-state index in [4.69, 9.17) is 10.1 Å². The molecule has 5 rings (SSSR count). The van der Waals surface area contributed by atoms with Crippen molar-refractivity contribution in [2.24, 2.45) is 0 Å². The van der Waals surface area contributed by atoms with E-state index in [1.54, 1.807) is 17.4 Å². The first-order valence-electron chi connectivity index (χ1n) is 9.69. The minimum absolute atomic E-state index is 0. The Morgan fingerprint density at radius 3 is 2.41 bits per heavy atom. The fraction of sp³-hybridized carbons (Fsp3) is 0.0769. The molecule has 0 saturated carbocycles. The number of nitrogens with zero attached hydrogens (tertiary/aromatic N) is 1. The maximum absolute atomic E-state index is 14.5. The predicted octanol–water partition coefficient (Wildman–Crippen LogP) is 7.24. The third kappa shape index (κ3) is 4.94. The second-order valence-corrected chi connectivity index (χ2v) is 8.03. The van der Waals surface area contributed by atoms with E-state index >= 15 is 0 Å². The predicted molar refractivity (Wildman–Crippen MR) is 126 cm³/mol. The van der Waals surface area contributed by atoms with Crippen molar-refractivity contribution in [3.8, 4) is 11.3 Å². The van der Waals surface area contributed by atoms with Crippen molar-refractivity contribution in [1.29, 1.82) is 0 Å². The number of benzene rings is 3. The Balaban J connectivity index is 0.000000318. The molecule has 1 N–H and O–H groups in total. The second-order valence-electron chi connectivity index (χ2n) is 7.11. The number of ketones is 1. The molecule has 0 aliphatic heterocycles. The summed E-state index contributed by atoms with van der Waals surface area (Å²) in [7, 11) is 0. The second kappa shape index (κ2) is 10.1. The Labute approximate surface area is 202 Å². The van der Waals surface area contributed by atoms with Gasteiger partial charge in [0.1, 0.15) is 0 Å². The Morgan fingerprint density at radius 2 is 1.72 bits per heavy atom.